The van der Waals surface area contributed by atoms with Gasteiger partial charge in [0.05, 0.1) is 19.8 Å². The molecule has 0 bridgehead atoms. The number of carbonyl (C=O) groups excluding carboxylic acids is 1. The lowest BCUT2D eigenvalue weighted by molar-refractivity contribution is -0.0668. The molecular weight excluding hydrogens is 402 g/mol. The number of methoxy groups -OCH3 is 1. The van der Waals surface area contributed by atoms with Crippen molar-refractivity contribution in [3.63, 3.8) is 0 Å². The monoisotopic (exact) mass is 431 g/mol. The van der Waals surface area contributed by atoms with E-state index < -0.39 is 11.5 Å². The lowest BCUT2D eigenvalue weighted by Crippen LogP contribution is -2.56. The van der Waals surface area contributed by atoms with Crippen molar-refractivity contribution < 1.29 is 19.7 Å². The van der Waals surface area contributed by atoms with Crippen LogP contribution in [0.25, 0.3) is 11.1 Å². The third kappa shape index (κ3) is 4.40. The topological polar surface area (TPSA) is 70.0 Å². The van der Waals surface area contributed by atoms with Gasteiger partial charge in [-0.3, -0.25) is 4.79 Å². The summed E-state index contributed by atoms with van der Waals surface area (Å²) in [6.07, 6.45) is 0.296. The van der Waals surface area contributed by atoms with Gasteiger partial charge in [0.2, 0.25) is 0 Å². The van der Waals surface area contributed by atoms with Gasteiger partial charge in [-0.1, -0.05) is 60.7 Å². The highest BCUT2D eigenvalue weighted by molar-refractivity contribution is 5.95. The van der Waals surface area contributed by atoms with Crippen molar-refractivity contribution in [1.29, 1.82) is 0 Å². The highest BCUT2D eigenvalue weighted by atomic mass is 16.5. The summed E-state index contributed by atoms with van der Waals surface area (Å²) >= 11 is 0. The molecule has 0 saturated carbocycles. The fourth-order valence-corrected chi connectivity index (χ4v) is 4.57. The molecule has 3 aromatic rings. The standard InChI is InChI=1S/C27H29NO4/c1-32-24-10-6-5-9-23(24)21-11-13-22(14-12-21)26(31)28-16-15-25(30)27(18-28,19-29)17-20-7-3-2-4-8-20/h2-14,25,29-30H,15-19H2,1H3/t25-,27+/m1/s1. The minimum absolute atomic E-state index is 0.0886. The Kier molecular flexibility index (Phi) is 6.58. The zero-order valence-electron chi connectivity index (χ0n) is 18.3. The number of likely N-dealkylation sites (tertiary alicyclic amines) is 1. The fourth-order valence-electron chi connectivity index (χ4n) is 4.57. The number of para-hydroxylation sites is 1. The highest BCUT2D eigenvalue weighted by Gasteiger charge is 2.43. The normalized spacial score (nSPS) is 20.7. The van der Waals surface area contributed by atoms with Gasteiger partial charge in [-0.15, -0.1) is 0 Å². The molecule has 166 valence electrons. The molecule has 1 aliphatic heterocycles. The van der Waals surface area contributed by atoms with Crippen molar-refractivity contribution in [3.05, 3.63) is 90.0 Å². The molecule has 1 saturated heterocycles. The number of rotatable bonds is 6. The van der Waals surface area contributed by atoms with Crippen LogP contribution in [0.3, 0.4) is 0 Å². The average molecular weight is 432 g/mol. The summed E-state index contributed by atoms with van der Waals surface area (Å²) in [5.74, 6) is 0.694. The van der Waals surface area contributed by atoms with Crippen LogP contribution in [0.4, 0.5) is 0 Å². The number of aliphatic hydroxyl groups is 2. The minimum Gasteiger partial charge on any atom is -0.496 e. The van der Waals surface area contributed by atoms with E-state index in [1.54, 1.807) is 12.0 Å². The van der Waals surface area contributed by atoms with Crippen LogP contribution < -0.4 is 4.74 Å². The summed E-state index contributed by atoms with van der Waals surface area (Å²) in [7, 11) is 1.64. The van der Waals surface area contributed by atoms with Crippen molar-refractivity contribution in [2.75, 3.05) is 26.8 Å². The minimum atomic E-state index is -0.771. The smallest absolute Gasteiger partial charge is 0.253 e. The maximum atomic E-state index is 13.3. The number of aliphatic hydroxyl groups excluding tert-OH is 2. The molecule has 2 N–H and O–H groups in total. The predicted molar refractivity (Wildman–Crippen MR) is 125 cm³/mol. The fraction of sp³-hybridized carbons (Fsp3) is 0.296. The van der Waals surface area contributed by atoms with E-state index in [-0.39, 0.29) is 12.5 Å². The van der Waals surface area contributed by atoms with Gasteiger partial charge in [-0.25, -0.2) is 0 Å². The Morgan fingerprint density at radius 2 is 1.72 bits per heavy atom. The summed E-state index contributed by atoms with van der Waals surface area (Å²) in [5, 5.41) is 21.0. The summed E-state index contributed by atoms with van der Waals surface area (Å²) in [6, 6.07) is 25.1. The number of ether oxygens (including phenoxy) is 1. The van der Waals surface area contributed by atoms with Crippen molar-refractivity contribution in [1.82, 2.24) is 4.90 Å². The van der Waals surface area contributed by atoms with E-state index >= 15 is 0 Å². The van der Waals surface area contributed by atoms with E-state index in [0.717, 1.165) is 22.4 Å². The third-order valence-electron chi connectivity index (χ3n) is 6.44. The molecule has 1 heterocycles. The molecule has 32 heavy (non-hydrogen) atoms. The lowest BCUT2D eigenvalue weighted by Gasteiger charge is -2.45. The van der Waals surface area contributed by atoms with Gasteiger partial charge in [0.25, 0.3) is 5.91 Å². The van der Waals surface area contributed by atoms with Crippen molar-refractivity contribution in [2.45, 2.75) is 18.9 Å². The van der Waals surface area contributed by atoms with Gasteiger partial charge in [-0.2, -0.15) is 0 Å². The Balaban J connectivity index is 1.54. The molecule has 5 heteroatoms. The second-order valence-electron chi connectivity index (χ2n) is 8.49. The Morgan fingerprint density at radius 1 is 1.03 bits per heavy atom. The summed E-state index contributed by atoms with van der Waals surface area (Å²) in [4.78, 5) is 15.0. The zero-order valence-corrected chi connectivity index (χ0v) is 18.3. The molecule has 0 radical (unpaired) electrons. The first-order valence-electron chi connectivity index (χ1n) is 10.9. The summed E-state index contributed by atoms with van der Waals surface area (Å²) in [5.41, 5.74) is 2.80. The van der Waals surface area contributed by atoms with Crippen LogP contribution in [-0.4, -0.2) is 53.9 Å². The molecule has 1 fully saturated rings. The van der Waals surface area contributed by atoms with Gasteiger partial charge >= 0.3 is 0 Å². The SMILES string of the molecule is COc1ccccc1-c1ccc(C(=O)N2CC[C@@H](O)[C@@](CO)(Cc3ccccc3)C2)cc1. The maximum absolute atomic E-state index is 13.3. The largest absolute Gasteiger partial charge is 0.496 e. The third-order valence-corrected chi connectivity index (χ3v) is 6.44. The number of amides is 1. The lowest BCUT2D eigenvalue weighted by atomic mass is 9.73. The van der Waals surface area contributed by atoms with Gasteiger partial charge in [0.15, 0.2) is 0 Å². The van der Waals surface area contributed by atoms with Gasteiger partial charge < -0.3 is 19.8 Å². The van der Waals surface area contributed by atoms with Crippen LogP contribution in [0, 0.1) is 5.41 Å². The van der Waals surface area contributed by atoms with Crippen LogP contribution in [-0.2, 0) is 6.42 Å². The van der Waals surface area contributed by atoms with Gasteiger partial charge in [0, 0.05) is 29.6 Å². The Bertz CT molecular complexity index is 1050. The van der Waals surface area contributed by atoms with E-state index in [2.05, 4.69) is 0 Å². The molecule has 5 nitrogen and oxygen atoms in total. The van der Waals surface area contributed by atoms with E-state index in [4.69, 9.17) is 4.74 Å². The predicted octanol–water partition coefficient (Wildman–Crippen LogP) is 3.79. The van der Waals surface area contributed by atoms with Crippen LogP contribution in [0.15, 0.2) is 78.9 Å². The number of nitrogens with zero attached hydrogens (tertiary/aromatic N) is 1. The van der Waals surface area contributed by atoms with Crippen LogP contribution in [0.5, 0.6) is 5.75 Å². The quantitative estimate of drug-likeness (QED) is 0.623. The Morgan fingerprint density at radius 3 is 2.41 bits per heavy atom. The second kappa shape index (κ2) is 9.55. The van der Waals surface area contributed by atoms with E-state index in [1.165, 1.54) is 0 Å². The number of piperidine rings is 1. The molecule has 0 aliphatic carbocycles. The first-order chi connectivity index (χ1) is 15.6. The summed E-state index contributed by atoms with van der Waals surface area (Å²) in [6.45, 7) is 0.594. The molecule has 0 unspecified atom stereocenters. The maximum Gasteiger partial charge on any atom is 0.253 e. The summed E-state index contributed by atoms with van der Waals surface area (Å²) < 4.78 is 5.44. The molecule has 0 aromatic heterocycles. The van der Waals surface area contributed by atoms with E-state index in [9.17, 15) is 15.0 Å². The van der Waals surface area contributed by atoms with E-state index in [0.29, 0.717) is 31.5 Å². The zero-order chi connectivity index (χ0) is 22.6. The number of hydrogen-bond acceptors (Lipinski definition) is 4. The number of benzene rings is 3. The molecular formula is C27H29NO4. The molecule has 4 rings (SSSR count). The van der Waals surface area contributed by atoms with Crippen molar-refractivity contribution >= 4 is 5.91 Å². The molecule has 2 atom stereocenters. The first kappa shape index (κ1) is 22.1. The van der Waals surface area contributed by atoms with Crippen LogP contribution in [0.1, 0.15) is 22.3 Å². The number of carbonyl (C=O) groups is 1. The highest BCUT2D eigenvalue weighted by Crippen LogP contribution is 2.35. The van der Waals surface area contributed by atoms with Crippen LogP contribution >= 0.6 is 0 Å². The molecule has 1 amide bonds. The Labute approximate surface area is 188 Å². The van der Waals surface area contributed by atoms with Crippen LogP contribution in [0.2, 0.25) is 0 Å². The molecule has 3 aromatic carbocycles. The number of hydrogen-bond donors (Lipinski definition) is 2. The van der Waals surface area contributed by atoms with Crippen molar-refractivity contribution in [3.8, 4) is 16.9 Å². The van der Waals surface area contributed by atoms with Gasteiger partial charge in [0.1, 0.15) is 5.75 Å². The molecule has 1 aliphatic rings. The average Bonchev–Trinajstić information content (AvgIpc) is 2.85. The first-order valence-corrected chi connectivity index (χ1v) is 10.9. The Hall–Kier alpha value is -3.15. The second-order valence-corrected chi connectivity index (χ2v) is 8.49. The van der Waals surface area contributed by atoms with E-state index in [1.807, 2.05) is 78.9 Å². The molecule has 0 spiro atoms. The van der Waals surface area contributed by atoms with Crippen molar-refractivity contribution in [2.24, 2.45) is 5.41 Å². The van der Waals surface area contributed by atoms with Gasteiger partial charge in [-0.05, 0) is 42.2 Å².